The maximum Gasteiger partial charge on any atom is 2.00 e. The van der Waals surface area contributed by atoms with Gasteiger partial charge in [-0.25, -0.2) is 12.2 Å². The molecular formula is C7H10Fe. The zero-order valence-corrected chi connectivity index (χ0v) is 6.10. The Kier molecular flexibility index (Phi) is 13.7. The fourth-order valence-electron chi connectivity index (χ4n) is 0.340. The van der Waals surface area contributed by atoms with Crippen LogP contribution < -0.4 is 0 Å². The first kappa shape index (κ1) is 10.9. The summed E-state index contributed by atoms with van der Waals surface area (Å²) in [4.78, 5) is 0. The summed E-state index contributed by atoms with van der Waals surface area (Å²) in [5.41, 5.74) is 0. The second-order valence-electron chi connectivity index (χ2n) is 1.00. The molecule has 1 rings (SSSR count). The molecule has 0 aliphatic heterocycles. The van der Waals surface area contributed by atoms with Crippen LogP contribution in [0.5, 0.6) is 0 Å². The van der Waals surface area contributed by atoms with Gasteiger partial charge >= 0.3 is 17.1 Å². The predicted molar refractivity (Wildman–Crippen MR) is 32.6 cm³/mol. The molecule has 0 aromatic heterocycles. The molecule has 0 nitrogen and oxygen atoms in total. The molecule has 0 bridgehead atoms. The third-order valence-electron chi connectivity index (χ3n) is 0.586. The Morgan fingerprint density at radius 1 is 1.50 bits per heavy atom. The predicted octanol–water partition coefficient (Wildman–Crippen LogP) is 2.14. The summed E-state index contributed by atoms with van der Waals surface area (Å²) in [5.74, 6) is 0. The average Bonchev–Trinajstić information content (AvgIpc) is 2.23. The first-order valence-electron chi connectivity index (χ1n) is 2.42. The Morgan fingerprint density at radius 2 is 2.12 bits per heavy atom. The van der Waals surface area contributed by atoms with E-state index in [1.807, 2.05) is 12.2 Å². The molecule has 0 saturated heterocycles. The smallest absolute Gasteiger partial charge is 0.346 e. The van der Waals surface area contributed by atoms with Crippen molar-refractivity contribution in [1.29, 1.82) is 0 Å². The summed E-state index contributed by atoms with van der Waals surface area (Å²) in [5, 5.41) is 0. The van der Waals surface area contributed by atoms with Crippen LogP contribution in [0, 0.1) is 13.0 Å². The van der Waals surface area contributed by atoms with Gasteiger partial charge in [0.15, 0.2) is 0 Å². The zero-order chi connectivity index (χ0) is 5.54. The van der Waals surface area contributed by atoms with Gasteiger partial charge in [-0.15, -0.1) is 6.42 Å². The van der Waals surface area contributed by atoms with Crippen molar-refractivity contribution in [2.24, 2.45) is 0 Å². The molecule has 0 aromatic carbocycles. The van der Waals surface area contributed by atoms with Gasteiger partial charge in [-0.2, -0.15) is 13.0 Å². The zero-order valence-electron chi connectivity index (χ0n) is 5.00. The summed E-state index contributed by atoms with van der Waals surface area (Å²) in [6.45, 7) is 5.00. The van der Waals surface area contributed by atoms with E-state index >= 15 is 0 Å². The normalized spacial score (nSPS) is 11.8. The van der Waals surface area contributed by atoms with Crippen LogP contribution in [0.25, 0.3) is 0 Å². The van der Waals surface area contributed by atoms with Crippen molar-refractivity contribution in [3.63, 3.8) is 0 Å². The van der Waals surface area contributed by atoms with Crippen LogP contribution in [0.1, 0.15) is 13.3 Å². The molecule has 0 heterocycles. The van der Waals surface area contributed by atoms with Gasteiger partial charge in [-0.1, -0.05) is 0 Å². The average molecular weight is 150 g/mol. The molecule has 0 atom stereocenters. The molecule has 0 saturated carbocycles. The van der Waals surface area contributed by atoms with Crippen molar-refractivity contribution in [2.45, 2.75) is 13.3 Å². The topological polar surface area (TPSA) is 0 Å². The van der Waals surface area contributed by atoms with E-state index in [1.54, 1.807) is 6.92 Å². The molecular weight excluding hydrogens is 140 g/mol. The Hall–Kier alpha value is -0.000519. The summed E-state index contributed by atoms with van der Waals surface area (Å²) >= 11 is 0. The molecule has 0 unspecified atom stereocenters. The van der Waals surface area contributed by atoms with Crippen molar-refractivity contribution >= 4 is 0 Å². The Bertz CT molecular complexity index is 62.5. The summed E-state index contributed by atoms with van der Waals surface area (Å²) < 4.78 is 0. The van der Waals surface area contributed by atoms with E-state index in [4.69, 9.17) is 0 Å². The van der Waals surface area contributed by atoms with Crippen molar-refractivity contribution in [1.82, 2.24) is 0 Å². The summed E-state index contributed by atoms with van der Waals surface area (Å²) in [6.07, 6.45) is 10.0. The van der Waals surface area contributed by atoms with E-state index in [0.29, 0.717) is 0 Å². The van der Waals surface area contributed by atoms with Crippen molar-refractivity contribution in [2.75, 3.05) is 0 Å². The maximum absolute atomic E-state index is 3.25. The van der Waals surface area contributed by atoms with E-state index in [9.17, 15) is 0 Å². The Balaban J connectivity index is 0. The largest absolute Gasteiger partial charge is 2.00 e. The van der Waals surface area contributed by atoms with Crippen LogP contribution in [0.2, 0.25) is 0 Å². The number of hydrogen-bond acceptors (Lipinski definition) is 0. The Morgan fingerprint density at radius 3 is 2.25 bits per heavy atom. The molecule has 1 aliphatic rings. The van der Waals surface area contributed by atoms with Crippen LogP contribution in [-0.4, -0.2) is 0 Å². The van der Waals surface area contributed by atoms with E-state index in [-0.39, 0.29) is 17.1 Å². The van der Waals surface area contributed by atoms with Gasteiger partial charge in [0.1, 0.15) is 0 Å². The second kappa shape index (κ2) is 10.1. The van der Waals surface area contributed by atoms with E-state index < -0.39 is 0 Å². The molecule has 8 heavy (non-hydrogen) atoms. The van der Waals surface area contributed by atoms with Gasteiger partial charge in [-0.3, -0.25) is 6.08 Å². The van der Waals surface area contributed by atoms with Gasteiger partial charge in [-0.05, 0) is 0 Å². The van der Waals surface area contributed by atoms with E-state index in [0.717, 1.165) is 6.42 Å². The number of rotatable bonds is 0. The molecule has 46 valence electrons. The summed E-state index contributed by atoms with van der Waals surface area (Å²) in [7, 11) is 0. The monoisotopic (exact) mass is 150 g/mol. The molecule has 0 N–H and O–H groups in total. The van der Waals surface area contributed by atoms with E-state index in [1.165, 1.54) is 0 Å². The van der Waals surface area contributed by atoms with Crippen LogP contribution >= 0.6 is 0 Å². The fourth-order valence-corrected chi connectivity index (χ4v) is 0.340. The molecule has 1 aliphatic carbocycles. The van der Waals surface area contributed by atoms with Crippen LogP contribution in [-0.2, 0) is 17.1 Å². The Labute approximate surface area is 62.1 Å². The van der Waals surface area contributed by atoms with Crippen LogP contribution in [0.4, 0.5) is 0 Å². The molecule has 0 aromatic rings. The summed E-state index contributed by atoms with van der Waals surface area (Å²) in [6, 6.07) is 0. The minimum atomic E-state index is 0. The minimum Gasteiger partial charge on any atom is -0.346 e. The SMILES string of the molecule is [C-]1=CC=CC1.[CH2-]C.[Fe+2]. The van der Waals surface area contributed by atoms with E-state index in [2.05, 4.69) is 19.1 Å². The van der Waals surface area contributed by atoms with Crippen molar-refractivity contribution < 1.29 is 17.1 Å². The van der Waals surface area contributed by atoms with Gasteiger partial charge in [0.05, 0.1) is 0 Å². The minimum absolute atomic E-state index is 0. The van der Waals surface area contributed by atoms with Gasteiger partial charge in [0.2, 0.25) is 0 Å². The molecule has 0 radical (unpaired) electrons. The van der Waals surface area contributed by atoms with Crippen LogP contribution in [0.3, 0.4) is 0 Å². The first-order chi connectivity index (χ1) is 3.50. The maximum atomic E-state index is 3.25. The number of hydrogen-bond donors (Lipinski definition) is 0. The van der Waals surface area contributed by atoms with Crippen LogP contribution in [0.15, 0.2) is 18.2 Å². The molecule has 0 spiro atoms. The number of allylic oxidation sites excluding steroid dienone is 4. The second-order valence-corrected chi connectivity index (χ2v) is 1.00. The van der Waals surface area contributed by atoms with Crippen molar-refractivity contribution in [3.05, 3.63) is 31.2 Å². The van der Waals surface area contributed by atoms with Gasteiger partial charge < -0.3 is 6.92 Å². The third kappa shape index (κ3) is 6.00. The van der Waals surface area contributed by atoms with Gasteiger partial charge in [0, 0.05) is 0 Å². The molecule has 0 fully saturated rings. The molecule has 1 heteroatoms. The van der Waals surface area contributed by atoms with Gasteiger partial charge in [0.25, 0.3) is 0 Å². The standard InChI is InChI=1S/C5H5.C2H5.Fe/c1-2-4-5-3-1;1-2;/h1-3H,4H2;1H2,2H3;/q2*-1;+2. The molecule has 0 amide bonds. The quantitative estimate of drug-likeness (QED) is 0.366. The first-order valence-corrected chi connectivity index (χ1v) is 2.42. The fraction of sp³-hybridized carbons (Fsp3) is 0.286. The third-order valence-corrected chi connectivity index (χ3v) is 0.586. The van der Waals surface area contributed by atoms with Crippen molar-refractivity contribution in [3.8, 4) is 0 Å².